The molecule has 10 heteroatoms. The molecule has 2 aliphatic heterocycles. The Bertz CT molecular complexity index is 903. The summed E-state index contributed by atoms with van der Waals surface area (Å²) in [6, 6.07) is 0. The number of fused-ring (bicyclic) bond motifs is 1. The third-order valence-corrected chi connectivity index (χ3v) is 9.71. The Balaban J connectivity index is 1.53. The summed E-state index contributed by atoms with van der Waals surface area (Å²) in [5.41, 5.74) is 7.05. The van der Waals surface area contributed by atoms with E-state index in [9.17, 15) is 5.11 Å². The molecule has 0 aromatic carbocycles. The van der Waals surface area contributed by atoms with Gasteiger partial charge in [-0.1, -0.05) is 0 Å². The van der Waals surface area contributed by atoms with Crippen LogP contribution in [0.2, 0.25) is 4.82 Å². The summed E-state index contributed by atoms with van der Waals surface area (Å²) < 4.78 is 8.10. The van der Waals surface area contributed by atoms with Crippen molar-refractivity contribution >= 4 is 57.0 Å². The van der Waals surface area contributed by atoms with Gasteiger partial charge < -0.3 is 0 Å². The topological polar surface area (TPSA) is 99.1 Å². The molecule has 0 radical (unpaired) electrons. The maximum absolute atomic E-state index is 10.8. The summed E-state index contributed by atoms with van der Waals surface area (Å²) in [5.74, 6) is 0.339. The van der Waals surface area contributed by atoms with Gasteiger partial charge in [0.05, 0.1) is 0 Å². The van der Waals surface area contributed by atoms with Crippen LogP contribution < -0.4 is 5.73 Å². The van der Waals surface area contributed by atoms with Gasteiger partial charge in [-0.25, -0.2) is 0 Å². The molecule has 1 fully saturated rings. The van der Waals surface area contributed by atoms with Crippen molar-refractivity contribution in [1.82, 2.24) is 19.5 Å². The number of ether oxygens (including phenoxy) is 1. The fourth-order valence-corrected chi connectivity index (χ4v) is 7.43. The van der Waals surface area contributed by atoms with E-state index in [-0.39, 0.29) is 17.1 Å². The summed E-state index contributed by atoms with van der Waals surface area (Å²) in [6.45, 7) is 0. The minimum absolute atomic E-state index is 0.147. The normalized spacial score (nSPS) is 31.1. The van der Waals surface area contributed by atoms with Crippen LogP contribution in [0, 0.1) is 0 Å². The first-order valence-corrected chi connectivity index (χ1v) is 13.4. The molecule has 7 nitrogen and oxygen atoms in total. The van der Waals surface area contributed by atoms with E-state index >= 15 is 0 Å². The quantitative estimate of drug-likeness (QED) is 0.591. The van der Waals surface area contributed by atoms with E-state index in [1.165, 1.54) is 6.33 Å². The van der Waals surface area contributed by atoms with Crippen LogP contribution in [-0.4, -0.2) is 71.9 Å². The third kappa shape index (κ3) is 4.03. The number of hydrogen-bond donors (Lipinski definition) is 2. The van der Waals surface area contributed by atoms with Gasteiger partial charge in [0.2, 0.25) is 0 Å². The Labute approximate surface area is 174 Å². The SMILES string of the molecule is Nc1ncnc2c1ncn2[C@@H]1O[C@H](CC2C=CC=CC=C[Se]S2)[C@@H](O)[C@H]1[SeH]. The molecule has 1 unspecified atom stereocenters. The van der Waals surface area contributed by atoms with Gasteiger partial charge in [0.25, 0.3) is 0 Å². The van der Waals surface area contributed by atoms with Crippen molar-refractivity contribution in [2.45, 2.75) is 34.9 Å². The van der Waals surface area contributed by atoms with Crippen molar-refractivity contribution in [1.29, 1.82) is 0 Å². The molecule has 0 bridgehead atoms. The second kappa shape index (κ2) is 8.49. The standard InChI is InChI=1S/C17H19N5O2SSe2/c18-15-12-16(20-8-19-15)22(9-21-12)17-14(26)13(23)11(24-17)7-10-5-3-1-2-4-6-27-25-10/h1-6,8-11,13-14,17,23,26H,7H2,(H2,18,19,20)/t10?,11-,13-,14-,17-/m1/s1. The predicted octanol–water partition coefficient (Wildman–Crippen LogP) is 1.11. The molecule has 3 N–H and O–H groups in total. The maximum atomic E-state index is 10.8. The average Bonchev–Trinajstić information content (AvgIpc) is 3.23. The van der Waals surface area contributed by atoms with E-state index in [0.717, 1.165) is 6.42 Å². The van der Waals surface area contributed by atoms with Crippen LogP contribution >= 0.6 is 10.2 Å². The number of nitrogens with zero attached hydrogens (tertiary/aromatic N) is 4. The predicted molar refractivity (Wildman–Crippen MR) is 110 cm³/mol. The molecule has 2 aromatic rings. The van der Waals surface area contributed by atoms with E-state index in [1.54, 1.807) is 6.33 Å². The molecule has 4 rings (SSSR count). The molecule has 2 aliphatic rings. The zero-order chi connectivity index (χ0) is 18.8. The molecule has 2 aromatic heterocycles. The number of allylic oxidation sites excluding steroid dienone is 4. The van der Waals surface area contributed by atoms with Crippen LogP contribution in [0.4, 0.5) is 5.82 Å². The molecule has 0 saturated carbocycles. The first-order valence-electron chi connectivity index (χ1n) is 8.42. The minimum atomic E-state index is -0.577. The van der Waals surface area contributed by atoms with Crippen LogP contribution in [0.3, 0.4) is 0 Å². The Morgan fingerprint density at radius 1 is 1.26 bits per heavy atom. The van der Waals surface area contributed by atoms with Gasteiger partial charge in [-0.2, -0.15) is 0 Å². The van der Waals surface area contributed by atoms with Gasteiger partial charge >= 0.3 is 175 Å². The number of nitrogen functional groups attached to an aromatic ring is 1. The molecule has 4 heterocycles. The third-order valence-electron chi connectivity index (χ3n) is 4.44. The monoisotopic (exact) mass is 517 g/mol. The van der Waals surface area contributed by atoms with E-state index < -0.39 is 6.10 Å². The second-order valence-corrected chi connectivity index (χ2v) is 11.4. The van der Waals surface area contributed by atoms with Gasteiger partial charge in [-0.05, 0) is 0 Å². The Morgan fingerprint density at radius 2 is 2.11 bits per heavy atom. The van der Waals surface area contributed by atoms with E-state index in [1.807, 2.05) is 26.9 Å². The molecule has 0 amide bonds. The summed E-state index contributed by atoms with van der Waals surface area (Å²) in [5, 5.41) is 11.1. The molecule has 142 valence electrons. The van der Waals surface area contributed by atoms with Crippen LogP contribution in [0.1, 0.15) is 12.6 Å². The first kappa shape index (κ1) is 19.2. The average molecular weight is 515 g/mol. The molecular formula is C17H19N5O2SSe2. The van der Waals surface area contributed by atoms with E-state index in [2.05, 4.69) is 54.2 Å². The van der Waals surface area contributed by atoms with Crippen LogP contribution in [0.25, 0.3) is 11.2 Å². The van der Waals surface area contributed by atoms with Crippen molar-refractivity contribution in [2.24, 2.45) is 0 Å². The second-order valence-electron chi connectivity index (χ2n) is 6.19. The van der Waals surface area contributed by atoms with Crippen molar-refractivity contribution in [3.05, 3.63) is 48.0 Å². The van der Waals surface area contributed by atoms with Crippen molar-refractivity contribution < 1.29 is 9.84 Å². The summed E-state index contributed by atoms with van der Waals surface area (Å²) in [7, 11) is 1.90. The molecule has 27 heavy (non-hydrogen) atoms. The van der Waals surface area contributed by atoms with Crippen molar-refractivity contribution in [3.63, 3.8) is 0 Å². The Hall–Kier alpha value is -1.12. The number of hydrogen-bond acceptors (Lipinski definition) is 7. The van der Waals surface area contributed by atoms with Crippen LogP contribution in [0.15, 0.2) is 48.0 Å². The number of nitrogens with two attached hydrogens (primary N) is 1. The molecule has 1 saturated heterocycles. The zero-order valence-electron chi connectivity index (χ0n) is 14.2. The Kier molecular flexibility index (Phi) is 6.04. The number of aliphatic hydroxyl groups excluding tert-OH is 1. The van der Waals surface area contributed by atoms with Crippen molar-refractivity contribution in [2.75, 3.05) is 5.73 Å². The van der Waals surface area contributed by atoms with Gasteiger partial charge in [0.15, 0.2) is 0 Å². The van der Waals surface area contributed by atoms with Gasteiger partial charge in [0, 0.05) is 0 Å². The van der Waals surface area contributed by atoms with E-state index in [0.29, 0.717) is 36.1 Å². The van der Waals surface area contributed by atoms with Crippen LogP contribution in [-0.2, 0) is 4.74 Å². The zero-order valence-corrected chi connectivity index (χ0v) is 18.6. The number of imidazole rings is 1. The summed E-state index contributed by atoms with van der Waals surface area (Å²) >= 11 is 2.89. The number of anilines is 1. The fraction of sp³-hybridized carbons (Fsp3) is 0.353. The first-order chi connectivity index (χ1) is 13.1. The fourth-order valence-electron chi connectivity index (χ4n) is 3.09. The van der Waals surface area contributed by atoms with Crippen LogP contribution in [0.5, 0.6) is 0 Å². The molecule has 0 aliphatic carbocycles. The summed E-state index contributed by atoms with van der Waals surface area (Å²) in [6.07, 6.45) is 13.0. The van der Waals surface area contributed by atoms with Crippen molar-refractivity contribution in [3.8, 4) is 0 Å². The van der Waals surface area contributed by atoms with Gasteiger partial charge in [0.1, 0.15) is 0 Å². The number of aliphatic hydroxyl groups is 1. The Morgan fingerprint density at radius 3 is 3.00 bits per heavy atom. The van der Waals surface area contributed by atoms with E-state index in [4.69, 9.17) is 10.5 Å². The number of aromatic nitrogens is 4. The molecule has 5 atom stereocenters. The number of rotatable bonds is 3. The van der Waals surface area contributed by atoms with Gasteiger partial charge in [-0.3, -0.25) is 0 Å². The molecular weight excluding hydrogens is 496 g/mol. The molecule has 0 spiro atoms. The van der Waals surface area contributed by atoms with Gasteiger partial charge in [-0.15, -0.1) is 0 Å². The summed E-state index contributed by atoms with van der Waals surface area (Å²) in [4.78, 5) is 14.6.